The summed E-state index contributed by atoms with van der Waals surface area (Å²) in [5.41, 5.74) is 2.50. The zero-order valence-electron chi connectivity index (χ0n) is 15.3. The topological polar surface area (TPSA) is 53.2 Å². The SMILES string of the molecule is CC(C)(O)CCCc1ccc(Oc2ccc(F)c3c2CCC3)c(C#N)c1. The zero-order valence-corrected chi connectivity index (χ0v) is 15.3. The number of aryl methyl sites for hydroxylation is 1. The van der Waals surface area contributed by atoms with Crippen molar-refractivity contribution in [2.24, 2.45) is 0 Å². The first-order valence-corrected chi connectivity index (χ1v) is 9.11. The molecule has 0 radical (unpaired) electrons. The third-order valence-electron chi connectivity index (χ3n) is 4.82. The van der Waals surface area contributed by atoms with Crippen molar-refractivity contribution < 1.29 is 14.2 Å². The zero-order chi connectivity index (χ0) is 18.7. The molecular formula is C22H24FNO2. The van der Waals surface area contributed by atoms with E-state index in [4.69, 9.17) is 4.74 Å². The maximum Gasteiger partial charge on any atom is 0.145 e. The number of benzene rings is 2. The Morgan fingerprint density at radius 2 is 1.88 bits per heavy atom. The Balaban J connectivity index is 1.77. The largest absolute Gasteiger partial charge is 0.456 e. The summed E-state index contributed by atoms with van der Waals surface area (Å²) < 4.78 is 19.9. The molecule has 26 heavy (non-hydrogen) atoms. The molecule has 4 heteroatoms. The number of fused-ring (bicyclic) bond motifs is 1. The molecule has 2 aromatic rings. The van der Waals surface area contributed by atoms with Crippen LogP contribution in [0.5, 0.6) is 11.5 Å². The Hall–Kier alpha value is -2.38. The van der Waals surface area contributed by atoms with Crippen LogP contribution in [-0.2, 0) is 19.3 Å². The third-order valence-corrected chi connectivity index (χ3v) is 4.82. The molecule has 3 nitrogen and oxygen atoms in total. The van der Waals surface area contributed by atoms with Gasteiger partial charge in [0.25, 0.3) is 0 Å². The van der Waals surface area contributed by atoms with E-state index < -0.39 is 5.60 Å². The van der Waals surface area contributed by atoms with Crippen LogP contribution < -0.4 is 4.74 Å². The van der Waals surface area contributed by atoms with Crippen molar-refractivity contribution in [3.05, 3.63) is 58.4 Å². The number of hydrogen-bond acceptors (Lipinski definition) is 3. The van der Waals surface area contributed by atoms with Gasteiger partial charge in [0.15, 0.2) is 0 Å². The fourth-order valence-corrected chi connectivity index (χ4v) is 3.48. The molecule has 1 N–H and O–H groups in total. The third kappa shape index (κ3) is 4.23. The molecule has 0 amide bonds. The van der Waals surface area contributed by atoms with E-state index in [1.165, 1.54) is 6.07 Å². The minimum Gasteiger partial charge on any atom is -0.456 e. The maximum atomic E-state index is 13.9. The fraction of sp³-hybridized carbons (Fsp3) is 0.409. The maximum absolute atomic E-state index is 13.9. The van der Waals surface area contributed by atoms with Gasteiger partial charge < -0.3 is 9.84 Å². The number of ether oxygens (including phenoxy) is 1. The van der Waals surface area contributed by atoms with Crippen LogP contribution in [-0.4, -0.2) is 10.7 Å². The molecule has 0 saturated carbocycles. The minimum absolute atomic E-state index is 0.174. The second-order valence-corrected chi connectivity index (χ2v) is 7.57. The average molecular weight is 353 g/mol. The van der Waals surface area contributed by atoms with Crippen LogP contribution in [0.4, 0.5) is 4.39 Å². The molecule has 0 aromatic heterocycles. The Labute approximate surface area is 154 Å². The van der Waals surface area contributed by atoms with Crippen LogP contribution >= 0.6 is 0 Å². The van der Waals surface area contributed by atoms with Crippen LogP contribution in [0.2, 0.25) is 0 Å². The smallest absolute Gasteiger partial charge is 0.145 e. The van der Waals surface area contributed by atoms with Crippen molar-refractivity contribution >= 4 is 0 Å². The first-order valence-electron chi connectivity index (χ1n) is 9.11. The number of rotatable bonds is 6. The molecule has 0 unspecified atom stereocenters. The summed E-state index contributed by atoms with van der Waals surface area (Å²) in [5, 5.41) is 19.3. The van der Waals surface area contributed by atoms with E-state index in [-0.39, 0.29) is 5.82 Å². The second-order valence-electron chi connectivity index (χ2n) is 7.57. The number of hydrogen-bond donors (Lipinski definition) is 1. The lowest BCUT2D eigenvalue weighted by Gasteiger charge is -2.16. The van der Waals surface area contributed by atoms with E-state index >= 15 is 0 Å². The number of aliphatic hydroxyl groups is 1. The van der Waals surface area contributed by atoms with E-state index in [0.29, 0.717) is 23.5 Å². The molecule has 0 fully saturated rings. The molecule has 1 aliphatic rings. The molecule has 3 rings (SSSR count). The number of nitriles is 1. The van der Waals surface area contributed by atoms with Crippen LogP contribution in [0.25, 0.3) is 0 Å². The summed E-state index contributed by atoms with van der Waals surface area (Å²) in [4.78, 5) is 0. The van der Waals surface area contributed by atoms with Gasteiger partial charge in [-0.25, -0.2) is 4.39 Å². The minimum atomic E-state index is -0.677. The van der Waals surface area contributed by atoms with Gasteiger partial charge in [0, 0.05) is 5.56 Å². The molecule has 0 heterocycles. The molecule has 136 valence electrons. The Bertz CT molecular complexity index is 846. The Kier molecular flexibility index (Phi) is 5.29. The summed E-state index contributed by atoms with van der Waals surface area (Å²) in [7, 11) is 0. The highest BCUT2D eigenvalue weighted by Gasteiger charge is 2.20. The van der Waals surface area contributed by atoms with Crippen molar-refractivity contribution in [3.8, 4) is 17.6 Å². The van der Waals surface area contributed by atoms with Gasteiger partial charge in [0.1, 0.15) is 23.4 Å². The highest BCUT2D eigenvalue weighted by Crippen LogP contribution is 2.36. The Morgan fingerprint density at radius 3 is 2.62 bits per heavy atom. The first kappa shape index (κ1) is 18.4. The average Bonchev–Trinajstić information content (AvgIpc) is 3.08. The van der Waals surface area contributed by atoms with E-state index in [2.05, 4.69) is 6.07 Å². The van der Waals surface area contributed by atoms with Gasteiger partial charge in [0.05, 0.1) is 11.2 Å². The van der Waals surface area contributed by atoms with Crippen molar-refractivity contribution in [3.63, 3.8) is 0 Å². The first-order chi connectivity index (χ1) is 12.4. The van der Waals surface area contributed by atoms with E-state index in [9.17, 15) is 14.8 Å². The van der Waals surface area contributed by atoms with Crippen molar-refractivity contribution in [2.75, 3.05) is 0 Å². The van der Waals surface area contributed by atoms with E-state index in [1.54, 1.807) is 19.9 Å². The van der Waals surface area contributed by atoms with Gasteiger partial charge in [-0.2, -0.15) is 5.26 Å². The summed E-state index contributed by atoms with van der Waals surface area (Å²) in [6.07, 6.45) is 4.82. The van der Waals surface area contributed by atoms with Crippen LogP contribution in [0.15, 0.2) is 30.3 Å². The number of nitrogens with zero attached hydrogens (tertiary/aromatic N) is 1. The predicted molar refractivity (Wildman–Crippen MR) is 98.9 cm³/mol. The van der Waals surface area contributed by atoms with Gasteiger partial charge in [-0.3, -0.25) is 0 Å². The summed E-state index contributed by atoms with van der Waals surface area (Å²) in [5.74, 6) is 0.970. The van der Waals surface area contributed by atoms with Gasteiger partial charge in [-0.05, 0) is 87.8 Å². The lowest BCUT2D eigenvalue weighted by molar-refractivity contribution is 0.0689. The molecule has 0 spiro atoms. The van der Waals surface area contributed by atoms with Crippen molar-refractivity contribution in [1.29, 1.82) is 5.26 Å². The van der Waals surface area contributed by atoms with E-state index in [0.717, 1.165) is 48.8 Å². The highest BCUT2D eigenvalue weighted by molar-refractivity contribution is 5.51. The van der Waals surface area contributed by atoms with Crippen molar-refractivity contribution in [1.82, 2.24) is 0 Å². The molecule has 0 saturated heterocycles. The van der Waals surface area contributed by atoms with Gasteiger partial charge in [-0.15, -0.1) is 0 Å². The molecule has 0 atom stereocenters. The van der Waals surface area contributed by atoms with Gasteiger partial charge >= 0.3 is 0 Å². The molecule has 2 aromatic carbocycles. The normalized spacial score (nSPS) is 13.3. The molecular weight excluding hydrogens is 329 g/mol. The van der Waals surface area contributed by atoms with E-state index in [1.807, 2.05) is 18.2 Å². The molecule has 0 aliphatic heterocycles. The monoisotopic (exact) mass is 353 g/mol. The van der Waals surface area contributed by atoms with Gasteiger partial charge in [-0.1, -0.05) is 6.07 Å². The quantitative estimate of drug-likeness (QED) is 0.788. The predicted octanol–water partition coefficient (Wildman–Crippen LogP) is 5.07. The molecule has 1 aliphatic carbocycles. The van der Waals surface area contributed by atoms with Crippen LogP contribution in [0.3, 0.4) is 0 Å². The Morgan fingerprint density at radius 1 is 1.15 bits per heavy atom. The summed E-state index contributed by atoms with van der Waals surface area (Å²) >= 11 is 0. The highest BCUT2D eigenvalue weighted by atomic mass is 19.1. The fourth-order valence-electron chi connectivity index (χ4n) is 3.48. The van der Waals surface area contributed by atoms with Crippen LogP contribution in [0, 0.1) is 17.1 Å². The van der Waals surface area contributed by atoms with Crippen molar-refractivity contribution in [2.45, 2.75) is 58.0 Å². The molecule has 0 bridgehead atoms. The number of halogens is 1. The summed E-state index contributed by atoms with van der Waals surface area (Å²) in [6, 6.07) is 10.9. The lowest BCUT2D eigenvalue weighted by Crippen LogP contribution is -2.18. The van der Waals surface area contributed by atoms with Gasteiger partial charge in [0.2, 0.25) is 0 Å². The van der Waals surface area contributed by atoms with Crippen LogP contribution in [0.1, 0.15) is 55.4 Å². The lowest BCUT2D eigenvalue weighted by atomic mass is 9.98. The second kappa shape index (κ2) is 7.47. The standard InChI is InChI=1S/C22H24FNO2/c1-22(2,25)12-4-5-15-8-10-20(16(13-15)14-24)26-21-11-9-19(23)17-6-3-7-18(17)21/h8-11,13,25H,3-7,12H2,1-2H3. The summed E-state index contributed by atoms with van der Waals surface area (Å²) in [6.45, 7) is 3.59.